The molecule has 0 aliphatic carbocycles. The van der Waals surface area contributed by atoms with Crippen LogP contribution in [0, 0.1) is 6.92 Å². The van der Waals surface area contributed by atoms with Gasteiger partial charge in [-0.1, -0.05) is 88.4 Å². The van der Waals surface area contributed by atoms with Gasteiger partial charge in [-0.05, 0) is 52.2 Å². The van der Waals surface area contributed by atoms with Crippen molar-refractivity contribution in [3.8, 4) is 11.5 Å². The van der Waals surface area contributed by atoms with Crippen LogP contribution >= 0.6 is 15.9 Å². The first-order valence-electron chi connectivity index (χ1n) is 12.3. The van der Waals surface area contributed by atoms with E-state index in [2.05, 4.69) is 34.0 Å². The molecule has 3 aromatic carbocycles. The molecule has 0 spiro atoms. The van der Waals surface area contributed by atoms with Crippen molar-refractivity contribution in [3.05, 3.63) is 113 Å². The van der Waals surface area contributed by atoms with Crippen LogP contribution in [0.2, 0.25) is 0 Å². The van der Waals surface area contributed by atoms with E-state index < -0.39 is 5.97 Å². The fourth-order valence-corrected chi connectivity index (χ4v) is 4.20. The lowest BCUT2D eigenvalue weighted by atomic mass is 10.0. The molecule has 0 amide bonds. The number of benzene rings is 3. The number of hydrogen-bond donors (Lipinski definition) is 0. The van der Waals surface area contributed by atoms with Gasteiger partial charge in [0.25, 0.3) is 0 Å². The summed E-state index contributed by atoms with van der Waals surface area (Å²) in [5, 5.41) is 0. The fourth-order valence-electron chi connectivity index (χ4n) is 3.44. The minimum Gasteiger partial charge on any atom is -0.488 e. The fraction of sp³-hybridized carbons (Fsp3) is 0.258. The van der Waals surface area contributed by atoms with Crippen molar-refractivity contribution < 1.29 is 14.3 Å². The van der Waals surface area contributed by atoms with E-state index in [0.717, 1.165) is 21.3 Å². The van der Waals surface area contributed by atoms with E-state index in [0.29, 0.717) is 36.8 Å². The Morgan fingerprint density at radius 3 is 1.97 bits per heavy atom. The lowest BCUT2D eigenvalue weighted by Gasteiger charge is -2.27. The Morgan fingerprint density at radius 1 is 0.917 bits per heavy atom. The summed E-state index contributed by atoms with van der Waals surface area (Å²) in [6.07, 6.45) is 3.63. The summed E-state index contributed by atoms with van der Waals surface area (Å²) in [4.78, 5) is 15.4. The van der Waals surface area contributed by atoms with Gasteiger partial charge in [-0.15, -0.1) is 13.2 Å². The molecular weight excluding hydrogens is 514 g/mol. The average molecular weight is 553 g/mol. The molecule has 0 atom stereocenters. The van der Waals surface area contributed by atoms with Gasteiger partial charge in [0, 0.05) is 17.6 Å². The van der Waals surface area contributed by atoms with Crippen molar-refractivity contribution in [1.82, 2.24) is 0 Å². The van der Waals surface area contributed by atoms with Gasteiger partial charge in [0.2, 0.25) is 0 Å². The Balaban J connectivity index is 0.00000154. The molecule has 0 saturated carbocycles. The van der Waals surface area contributed by atoms with E-state index in [1.165, 1.54) is 0 Å². The Bertz CT molecular complexity index is 1070. The summed E-state index contributed by atoms with van der Waals surface area (Å²) in [5.74, 6) is 0.465. The SMILES string of the molecule is C=CCN(CC=C)c1c(Br)cc(OCc2ccccc2)c(C(=O)Oc2ccccc2)c1C.CC.CC. The molecule has 0 fully saturated rings. The molecule has 3 rings (SSSR count). The Hall–Kier alpha value is -3.31. The Labute approximate surface area is 225 Å². The Morgan fingerprint density at radius 2 is 1.44 bits per heavy atom. The zero-order valence-corrected chi connectivity index (χ0v) is 23.7. The average Bonchev–Trinajstić information content (AvgIpc) is 2.91. The third-order valence-corrected chi connectivity index (χ3v) is 5.48. The van der Waals surface area contributed by atoms with E-state index in [9.17, 15) is 4.79 Å². The maximum atomic E-state index is 13.3. The quantitative estimate of drug-likeness (QED) is 0.143. The second-order valence-corrected chi connectivity index (χ2v) is 8.02. The van der Waals surface area contributed by atoms with Crippen molar-refractivity contribution in [2.45, 2.75) is 41.2 Å². The van der Waals surface area contributed by atoms with Crippen LogP contribution in [0.5, 0.6) is 11.5 Å². The third-order valence-electron chi connectivity index (χ3n) is 4.87. The number of ether oxygens (including phenoxy) is 2. The maximum absolute atomic E-state index is 13.3. The zero-order chi connectivity index (χ0) is 26.9. The van der Waals surface area contributed by atoms with Gasteiger partial charge in [-0.2, -0.15) is 0 Å². The van der Waals surface area contributed by atoms with E-state index in [4.69, 9.17) is 9.47 Å². The predicted octanol–water partition coefficient (Wildman–Crippen LogP) is 8.79. The van der Waals surface area contributed by atoms with E-state index in [1.807, 2.05) is 101 Å². The first kappa shape index (κ1) is 30.7. The van der Waals surface area contributed by atoms with Crippen molar-refractivity contribution in [2.75, 3.05) is 18.0 Å². The summed E-state index contributed by atoms with van der Waals surface area (Å²) < 4.78 is 12.6. The smallest absolute Gasteiger partial charge is 0.347 e. The number of carbonyl (C=O) groups excluding carboxylic acids is 1. The van der Waals surface area contributed by atoms with Gasteiger partial charge in [-0.25, -0.2) is 4.79 Å². The van der Waals surface area contributed by atoms with E-state index in [-0.39, 0.29) is 0 Å². The molecule has 0 unspecified atom stereocenters. The number of rotatable bonds is 10. The van der Waals surface area contributed by atoms with Crippen LogP contribution < -0.4 is 14.4 Å². The standard InChI is InChI=1S/C27H26BrNO3.2C2H6/c1-4-16-29(17-5-2)26-20(3)25(27(30)32-22-14-10-7-11-15-22)24(18-23(26)28)31-19-21-12-8-6-9-13-21;2*1-2/h4-15,18H,1-2,16-17,19H2,3H3;2*1-2H3. The minimum absolute atomic E-state index is 0.334. The highest BCUT2D eigenvalue weighted by atomic mass is 79.9. The lowest BCUT2D eigenvalue weighted by Crippen LogP contribution is -2.26. The van der Waals surface area contributed by atoms with Crippen LogP contribution in [0.4, 0.5) is 5.69 Å². The molecule has 5 heteroatoms. The zero-order valence-electron chi connectivity index (χ0n) is 22.1. The van der Waals surface area contributed by atoms with Crippen LogP contribution in [0.3, 0.4) is 0 Å². The highest BCUT2D eigenvalue weighted by Crippen LogP contribution is 2.39. The summed E-state index contributed by atoms with van der Waals surface area (Å²) in [6.45, 7) is 19.1. The molecule has 192 valence electrons. The van der Waals surface area contributed by atoms with Gasteiger partial charge >= 0.3 is 5.97 Å². The maximum Gasteiger partial charge on any atom is 0.347 e. The van der Waals surface area contributed by atoms with Gasteiger partial charge < -0.3 is 14.4 Å². The van der Waals surface area contributed by atoms with Gasteiger partial charge in [-0.3, -0.25) is 0 Å². The molecular formula is C31H38BrNO3. The molecule has 3 aromatic rings. The normalized spacial score (nSPS) is 9.50. The molecule has 0 radical (unpaired) electrons. The molecule has 0 aromatic heterocycles. The van der Waals surface area contributed by atoms with Crippen molar-refractivity contribution in [3.63, 3.8) is 0 Å². The molecule has 0 bridgehead atoms. The van der Waals surface area contributed by atoms with Crippen molar-refractivity contribution >= 4 is 27.6 Å². The summed E-state index contributed by atoms with van der Waals surface area (Å²) >= 11 is 3.67. The van der Waals surface area contributed by atoms with Crippen LogP contribution in [0.25, 0.3) is 0 Å². The monoisotopic (exact) mass is 551 g/mol. The molecule has 4 nitrogen and oxygen atoms in total. The molecule has 0 N–H and O–H groups in total. The summed E-state index contributed by atoms with van der Waals surface area (Å²) in [6, 6.07) is 20.7. The van der Waals surface area contributed by atoms with Crippen LogP contribution in [0.15, 0.2) is 96.5 Å². The van der Waals surface area contributed by atoms with Gasteiger partial charge in [0.15, 0.2) is 0 Å². The number of hydrogen-bond acceptors (Lipinski definition) is 4. The molecule has 0 saturated heterocycles. The van der Waals surface area contributed by atoms with Crippen molar-refractivity contribution in [2.24, 2.45) is 0 Å². The molecule has 0 aliphatic rings. The largest absolute Gasteiger partial charge is 0.488 e. The number of carbonyl (C=O) groups is 1. The van der Waals surface area contributed by atoms with E-state index >= 15 is 0 Å². The van der Waals surface area contributed by atoms with Gasteiger partial charge in [0.05, 0.1) is 5.69 Å². The number of halogens is 1. The lowest BCUT2D eigenvalue weighted by molar-refractivity contribution is 0.0729. The Kier molecular flexibility index (Phi) is 14.7. The number of nitrogens with zero attached hydrogens (tertiary/aromatic N) is 1. The van der Waals surface area contributed by atoms with Crippen LogP contribution in [-0.2, 0) is 6.61 Å². The number of anilines is 1. The summed E-state index contributed by atoms with van der Waals surface area (Å²) in [5.41, 5.74) is 3.03. The molecule has 36 heavy (non-hydrogen) atoms. The summed E-state index contributed by atoms with van der Waals surface area (Å²) in [7, 11) is 0. The number of para-hydroxylation sites is 1. The minimum atomic E-state index is -0.470. The first-order chi connectivity index (χ1) is 17.5. The first-order valence-corrected chi connectivity index (χ1v) is 13.1. The van der Waals surface area contributed by atoms with E-state index in [1.54, 1.807) is 12.1 Å². The highest BCUT2D eigenvalue weighted by molar-refractivity contribution is 9.10. The topological polar surface area (TPSA) is 38.8 Å². The van der Waals surface area contributed by atoms with Crippen molar-refractivity contribution in [1.29, 1.82) is 0 Å². The molecule has 0 aliphatic heterocycles. The van der Waals surface area contributed by atoms with Crippen LogP contribution in [-0.4, -0.2) is 19.1 Å². The second-order valence-electron chi connectivity index (χ2n) is 7.16. The van der Waals surface area contributed by atoms with Crippen LogP contribution in [0.1, 0.15) is 49.2 Å². The predicted molar refractivity (Wildman–Crippen MR) is 156 cm³/mol. The second kappa shape index (κ2) is 17.2. The van der Waals surface area contributed by atoms with Gasteiger partial charge in [0.1, 0.15) is 23.7 Å². The highest BCUT2D eigenvalue weighted by Gasteiger charge is 2.25. The number of esters is 1. The third kappa shape index (κ3) is 8.72. The molecule has 0 heterocycles.